The molecule has 0 atom stereocenters. The molecule has 1 aromatic carbocycles. The lowest BCUT2D eigenvalue weighted by Crippen LogP contribution is -2.33. The van der Waals surface area contributed by atoms with Crippen LogP contribution in [0.15, 0.2) is 30.7 Å². The number of rotatable bonds is 5. The summed E-state index contributed by atoms with van der Waals surface area (Å²) in [4.78, 5) is 23.7. The summed E-state index contributed by atoms with van der Waals surface area (Å²) in [7, 11) is 1.54. The predicted octanol–water partition coefficient (Wildman–Crippen LogP) is 3.36. The molecule has 29 heavy (non-hydrogen) atoms. The van der Waals surface area contributed by atoms with Crippen LogP contribution in [0, 0.1) is 5.92 Å². The van der Waals surface area contributed by atoms with Gasteiger partial charge in [0.05, 0.1) is 24.4 Å². The number of hydrogen-bond acceptors (Lipinski definition) is 6. The summed E-state index contributed by atoms with van der Waals surface area (Å²) >= 11 is 6.03. The molecule has 0 radical (unpaired) electrons. The van der Waals surface area contributed by atoms with Gasteiger partial charge in [0, 0.05) is 18.1 Å². The Bertz CT molecular complexity index is 1030. The number of benzene rings is 1. The first-order chi connectivity index (χ1) is 14.0. The van der Waals surface area contributed by atoms with E-state index in [9.17, 15) is 4.79 Å². The summed E-state index contributed by atoms with van der Waals surface area (Å²) < 4.78 is 6.86. The summed E-state index contributed by atoms with van der Waals surface area (Å²) in [5.41, 5.74) is 1.15. The summed E-state index contributed by atoms with van der Waals surface area (Å²) in [6.07, 6.45) is 5.55. The van der Waals surface area contributed by atoms with Gasteiger partial charge in [-0.25, -0.2) is 14.6 Å². The lowest BCUT2D eigenvalue weighted by atomic mass is 9.99. The van der Waals surface area contributed by atoms with Crippen molar-refractivity contribution in [1.82, 2.24) is 19.7 Å². The van der Waals surface area contributed by atoms with Crippen molar-refractivity contribution >= 4 is 40.0 Å². The van der Waals surface area contributed by atoms with Gasteiger partial charge in [-0.1, -0.05) is 18.5 Å². The first-order valence-corrected chi connectivity index (χ1v) is 9.98. The second-order valence-electron chi connectivity index (χ2n) is 7.30. The second kappa shape index (κ2) is 8.24. The van der Waals surface area contributed by atoms with Crippen molar-refractivity contribution in [3.8, 4) is 5.75 Å². The zero-order valence-corrected chi connectivity index (χ0v) is 17.2. The van der Waals surface area contributed by atoms with Gasteiger partial charge in [-0.3, -0.25) is 4.79 Å². The first-order valence-electron chi connectivity index (χ1n) is 9.60. The maximum atomic E-state index is 12.6. The van der Waals surface area contributed by atoms with E-state index in [1.807, 2.05) is 0 Å². The Morgan fingerprint density at radius 3 is 2.86 bits per heavy atom. The lowest BCUT2D eigenvalue weighted by Gasteiger charge is -2.31. The summed E-state index contributed by atoms with van der Waals surface area (Å²) in [6, 6.07) is 5.06. The van der Waals surface area contributed by atoms with Crippen molar-refractivity contribution in [2.24, 2.45) is 5.92 Å². The Morgan fingerprint density at radius 2 is 2.10 bits per heavy atom. The molecule has 0 aliphatic carbocycles. The highest BCUT2D eigenvalue weighted by Gasteiger charge is 2.21. The highest BCUT2D eigenvalue weighted by atomic mass is 35.5. The van der Waals surface area contributed by atoms with E-state index < -0.39 is 0 Å². The Balaban J connectivity index is 1.54. The average Bonchev–Trinajstić information content (AvgIpc) is 3.12. The number of fused-ring (bicyclic) bond motifs is 1. The molecule has 152 valence electrons. The van der Waals surface area contributed by atoms with E-state index in [0.29, 0.717) is 22.1 Å². The molecule has 0 bridgehead atoms. The third kappa shape index (κ3) is 4.12. The van der Waals surface area contributed by atoms with Crippen molar-refractivity contribution in [3.63, 3.8) is 0 Å². The predicted molar refractivity (Wildman–Crippen MR) is 113 cm³/mol. The van der Waals surface area contributed by atoms with E-state index in [1.165, 1.54) is 6.33 Å². The molecule has 9 heteroatoms. The molecule has 8 nitrogen and oxygen atoms in total. The molecular weight excluding hydrogens is 392 g/mol. The quantitative estimate of drug-likeness (QED) is 0.689. The fourth-order valence-corrected chi connectivity index (χ4v) is 3.74. The van der Waals surface area contributed by atoms with E-state index in [4.69, 9.17) is 16.3 Å². The van der Waals surface area contributed by atoms with Gasteiger partial charge in [-0.05, 0) is 37.0 Å². The Kier molecular flexibility index (Phi) is 5.53. The van der Waals surface area contributed by atoms with Crippen LogP contribution in [0.4, 0.5) is 11.5 Å². The number of carbonyl (C=O) groups excluding carboxylic acids is 1. The number of nitrogens with one attached hydrogen (secondary N) is 1. The fraction of sp³-hybridized carbons (Fsp3) is 0.400. The van der Waals surface area contributed by atoms with Crippen molar-refractivity contribution in [3.05, 3.63) is 35.7 Å². The minimum absolute atomic E-state index is 0.0205. The third-order valence-electron chi connectivity index (χ3n) is 5.22. The summed E-state index contributed by atoms with van der Waals surface area (Å²) in [5.74, 6) is 1.91. The average molecular weight is 415 g/mol. The van der Waals surface area contributed by atoms with Crippen LogP contribution in [0.2, 0.25) is 5.02 Å². The molecule has 3 aromatic rings. The molecule has 0 unspecified atom stereocenters. The van der Waals surface area contributed by atoms with Crippen molar-refractivity contribution in [1.29, 1.82) is 0 Å². The van der Waals surface area contributed by atoms with Crippen LogP contribution < -0.4 is 15.0 Å². The monoisotopic (exact) mass is 414 g/mol. The SMILES string of the molecule is COc1ccc(Cl)cc1NC(=O)Cn1ncc2c(N3CCC(C)CC3)ncnc21. The second-order valence-corrected chi connectivity index (χ2v) is 7.74. The number of halogens is 1. The zero-order valence-electron chi connectivity index (χ0n) is 16.4. The Labute approximate surface area is 173 Å². The highest BCUT2D eigenvalue weighted by molar-refractivity contribution is 6.31. The maximum absolute atomic E-state index is 12.6. The van der Waals surface area contributed by atoms with Crippen LogP contribution in [0.5, 0.6) is 5.75 Å². The Morgan fingerprint density at radius 1 is 1.31 bits per heavy atom. The maximum Gasteiger partial charge on any atom is 0.246 e. The number of hydrogen-bond donors (Lipinski definition) is 1. The molecule has 1 amide bonds. The van der Waals surface area contributed by atoms with Crippen molar-refractivity contribution in [2.45, 2.75) is 26.3 Å². The standard InChI is InChI=1S/C20H23ClN6O2/c1-13-5-7-26(8-6-13)19-15-10-24-27(20(15)23-12-22-19)11-18(28)25-16-9-14(21)3-4-17(16)29-2/h3-4,9-10,12-13H,5-8,11H2,1-2H3,(H,25,28). The lowest BCUT2D eigenvalue weighted by molar-refractivity contribution is -0.116. The minimum atomic E-state index is -0.248. The molecular formula is C20H23ClN6O2. The molecule has 2 aromatic heterocycles. The van der Waals surface area contributed by atoms with Crippen LogP contribution >= 0.6 is 11.6 Å². The number of anilines is 2. The van der Waals surface area contributed by atoms with Gasteiger partial charge in [0.25, 0.3) is 0 Å². The van der Waals surface area contributed by atoms with Crippen LogP contribution in [0.25, 0.3) is 11.0 Å². The van der Waals surface area contributed by atoms with Gasteiger partial charge in [0.1, 0.15) is 24.4 Å². The molecule has 3 heterocycles. The van der Waals surface area contributed by atoms with Gasteiger partial charge in [-0.15, -0.1) is 0 Å². The summed E-state index contributed by atoms with van der Waals surface area (Å²) in [5, 5.41) is 8.57. The largest absolute Gasteiger partial charge is 0.495 e. The number of aromatic nitrogens is 4. The molecule has 1 aliphatic rings. The third-order valence-corrected chi connectivity index (χ3v) is 5.46. The molecule has 0 saturated carbocycles. The summed E-state index contributed by atoms with van der Waals surface area (Å²) in [6.45, 7) is 4.23. The topological polar surface area (TPSA) is 85.2 Å². The van der Waals surface area contributed by atoms with Gasteiger partial charge in [0.2, 0.25) is 5.91 Å². The molecule has 0 spiro atoms. The van der Waals surface area contributed by atoms with E-state index in [-0.39, 0.29) is 12.5 Å². The highest BCUT2D eigenvalue weighted by Crippen LogP contribution is 2.29. The van der Waals surface area contributed by atoms with Crippen LogP contribution in [0.1, 0.15) is 19.8 Å². The van der Waals surface area contributed by atoms with E-state index in [1.54, 1.807) is 36.2 Å². The number of amides is 1. The van der Waals surface area contributed by atoms with Gasteiger partial charge in [-0.2, -0.15) is 5.10 Å². The molecule has 1 N–H and O–H groups in total. The van der Waals surface area contributed by atoms with E-state index in [0.717, 1.165) is 43.1 Å². The number of carbonyl (C=O) groups is 1. The van der Waals surface area contributed by atoms with Crippen LogP contribution in [0.3, 0.4) is 0 Å². The van der Waals surface area contributed by atoms with E-state index >= 15 is 0 Å². The molecule has 1 aliphatic heterocycles. The normalized spacial score (nSPS) is 14.9. The van der Waals surface area contributed by atoms with Crippen molar-refractivity contribution < 1.29 is 9.53 Å². The molecule has 4 rings (SSSR count). The number of piperidine rings is 1. The van der Waals surface area contributed by atoms with Crippen LogP contribution in [-0.4, -0.2) is 45.9 Å². The number of nitrogens with zero attached hydrogens (tertiary/aromatic N) is 5. The minimum Gasteiger partial charge on any atom is -0.495 e. The van der Waals surface area contributed by atoms with Gasteiger partial charge in [0.15, 0.2) is 5.65 Å². The van der Waals surface area contributed by atoms with Gasteiger partial charge >= 0.3 is 0 Å². The molecule has 1 fully saturated rings. The Hall–Kier alpha value is -2.87. The van der Waals surface area contributed by atoms with Crippen LogP contribution in [-0.2, 0) is 11.3 Å². The molecule has 1 saturated heterocycles. The van der Waals surface area contributed by atoms with Crippen molar-refractivity contribution in [2.75, 3.05) is 30.4 Å². The zero-order chi connectivity index (χ0) is 20.4. The number of methoxy groups -OCH3 is 1. The fourth-order valence-electron chi connectivity index (χ4n) is 3.57. The van der Waals surface area contributed by atoms with Gasteiger partial charge < -0.3 is 15.0 Å². The first kappa shape index (κ1) is 19.4. The smallest absolute Gasteiger partial charge is 0.246 e. The van der Waals surface area contributed by atoms with E-state index in [2.05, 4.69) is 32.2 Å². The number of ether oxygens (including phenoxy) is 1.